The largest absolute Gasteiger partial charge is 0.491 e. The van der Waals surface area contributed by atoms with Crippen LogP contribution in [0.1, 0.15) is 34.6 Å². The van der Waals surface area contributed by atoms with Crippen LogP contribution in [-0.4, -0.2) is 62.7 Å². The molecule has 1 aliphatic rings. The number of rotatable bonds is 5. The van der Waals surface area contributed by atoms with Gasteiger partial charge in [-0.3, -0.25) is 9.59 Å². The van der Waals surface area contributed by atoms with Crippen molar-refractivity contribution in [3.05, 3.63) is 83.9 Å². The van der Waals surface area contributed by atoms with Crippen molar-refractivity contribution in [3.8, 4) is 17.2 Å². The predicted molar refractivity (Wildman–Crippen MR) is 147 cm³/mol. The van der Waals surface area contributed by atoms with E-state index in [9.17, 15) is 9.59 Å². The summed E-state index contributed by atoms with van der Waals surface area (Å²) in [4.78, 5) is 28.2. The molecule has 0 aromatic heterocycles. The van der Waals surface area contributed by atoms with Gasteiger partial charge in [0.25, 0.3) is 11.8 Å². The van der Waals surface area contributed by atoms with Gasteiger partial charge in [-0.25, -0.2) is 0 Å². The summed E-state index contributed by atoms with van der Waals surface area (Å²) in [6.45, 7) is 5.71. The lowest BCUT2D eigenvalue weighted by Gasteiger charge is -2.30. The molecule has 2 amide bonds. The Balaban J connectivity index is 1.55. The van der Waals surface area contributed by atoms with Gasteiger partial charge in [0.15, 0.2) is 0 Å². The number of fused-ring (bicyclic) bond motifs is 1. The van der Waals surface area contributed by atoms with Crippen LogP contribution in [0.3, 0.4) is 0 Å². The third-order valence-electron chi connectivity index (χ3n) is 6.56. The second-order valence-electron chi connectivity index (χ2n) is 9.67. The normalized spacial score (nSPS) is 20.4. The Kier molecular flexibility index (Phi) is 8.99. The average molecular weight is 518 g/mol. The quantitative estimate of drug-likeness (QED) is 0.504. The molecular weight excluding hydrogens is 482 g/mol. The van der Waals surface area contributed by atoms with Gasteiger partial charge in [0.05, 0.1) is 11.7 Å². The molecule has 3 atom stereocenters. The molecule has 200 valence electrons. The van der Waals surface area contributed by atoms with Crippen LogP contribution >= 0.6 is 0 Å². The van der Waals surface area contributed by atoms with E-state index in [2.05, 4.69) is 17.6 Å². The van der Waals surface area contributed by atoms with Crippen molar-refractivity contribution in [1.82, 2.24) is 10.2 Å². The lowest BCUT2D eigenvalue weighted by Crippen LogP contribution is -2.44. The van der Waals surface area contributed by atoms with Crippen molar-refractivity contribution in [2.24, 2.45) is 5.92 Å². The molecule has 8 nitrogen and oxygen atoms in total. The monoisotopic (exact) mass is 517 g/mol. The number of hydrogen-bond acceptors (Lipinski definition) is 6. The van der Waals surface area contributed by atoms with E-state index in [-0.39, 0.29) is 29.9 Å². The van der Waals surface area contributed by atoms with Crippen LogP contribution in [0.5, 0.6) is 17.2 Å². The molecule has 3 aromatic rings. The van der Waals surface area contributed by atoms with Gasteiger partial charge in [0.2, 0.25) is 0 Å². The van der Waals surface area contributed by atoms with Gasteiger partial charge in [-0.2, -0.15) is 0 Å². The van der Waals surface area contributed by atoms with Crippen molar-refractivity contribution in [2.45, 2.75) is 26.0 Å². The van der Waals surface area contributed by atoms with E-state index in [1.807, 2.05) is 37.3 Å². The van der Waals surface area contributed by atoms with Crippen LogP contribution in [-0.2, 0) is 4.74 Å². The fourth-order valence-electron chi connectivity index (χ4n) is 4.27. The van der Waals surface area contributed by atoms with Gasteiger partial charge < -0.3 is 29.7 Å². The van der Waals surface area contributed by atoms with E-state index in [1.54, 1.807) is 61.5 Å². The Morgan fingerprint density at radius 3 is 2.55 bits per heavy atom. The number of nitrogens with zero attached hydrogens (tertiary/aromatic N) is 1. The van der Waals surface area contributed by atoms with Gasteiger partial charge in [-0.1, -0.05) is 31.2 Å². The number of anilines is 1. The first-order chi connectivity index (χ1) is 18.3. The molecule has 0 saturated carbocycles. The fraction of sp³-hybridized carbons (Fsp3) is 0.333. The molecular formula is C30H35N3O5. The van der Waals surface area contributed by atoms with E-state index >= 15 is 0 Å². The van der Waals surface area contributed by atoms with Crippen molar-refractivity contribution in [2.75, 3.05) is 39.2 Å². The van der Waals surface area contributed by atoms with E-state index in [0.29, 0.717) is 47.2 Å². The zero-order valence-corrected chi connectivity index (χ0v) is 22.3. The van der Waals surface area contributed by atoms with Gasteiger partial charge in [-0.05, 0) is 61.4 Å². The third kappa shape index (κ3) is 6.90. The molecule has 0 radical (unpaired) electrons. The summed E-state index contributed by atoms with van der Waals surface area (Å²) < 4.78 is 17.6. The molecule has 0 unspecified atom stereocenters. The minimum atomic E-state index is -0.315. The number of carbonyl (C=O) groups excluding carboxylic acids is 2. The summed E-state index contributed by atoms with van der Waals surface area (Å²) in [5.74, 6) is 1.38. The first-order valence-electron chi connectivity index (χ1n) is 12.8. The van der Waals surface area contributed by atoms with Gasteiger partial charge in [0.1, 0.15) is 23.9 Å². The first-order valence-corrected chi connectivity index (χ1v) is 12.8. The number of hydrogen-bond donors (Lipinski definition) is 2. The SMILES string of the molecule is CO[C@H]1CN(C)C(=O)c2cc(NC(=O)c3cccc(Oc4ccccc4)c3)ccc2OC[C@H](C)NC[C@H]1C. The zero-order valence-electron chi connectivity index (χ0n) is 22.3. The molecule has 4 rings (SSSR count). The van der Waals surface area contributed by atoms with Crippen LogP contribution in [0.25, 0.3) is 0 Å². The molecule has 8 heteroatoms. The summed E-state index contributed by atoms with van der Waals surface area (Å²) in [7, 11) is 3.41. The van der Waals surface area contributed by atoms with Crippen LogP contribution in [0.15, 0.2) is 72.8 Å². The summed E-state index contributed by atoms with van der Waals surface area (Å²) in [5, 5.41) is 6.37. The van der Waals surface area contributed by atoms with E-state index in [0.717, 1.165) is 6.54 Å². The number of benzene rings is 3. The lowest BCUT2D eigenvalue weighted by molar-refractivity contribution is 0.0281. The lowest BCUT2D eigenvalue weighted by atomic mass is 10.0. The minimum absolute atomic E-state index is 0.0832. The Hall–Kier alpha value is -3.88. The van der Waals surface area contributed by atoms with Gasteiger partial charge >= 0.3 is 0 Å². The van der Waals surface area contributed by atoms with Gasteiger partial charge in [-0.15, -0.1) is 0 Å². The van der Waals surface area contributed by atoms with Crippen molar-refractivity contribution in [1.29, 1.82) is 0 Å². The molecule has 2 N–H and O–H groups in total. The highest BCUT2D eigenvalue weighted by atomic mass is 16.5. The van der Waals surface area contributed by atoms with E-state index in [1.165, 1.54) is 0 Å². The maximum absolute atomic E-state index is 13.5. The second kappa shape index (κ2) is 12.6. The van der Waals surface area contributed by atoms with Crippen LogP contribution in [0, 0.1) is 5.92 Å². The summed E-state index contributed by atoms with van der Waals surface area (Å²) in [6, 6.07) is 21.5. The van der Waals surface area contributed by atoms with E-state index in [4.69, 9.17) is 14.2 Å². The highest BCUT2D eigenvalue weighted by Crippen LogP contribution is 2.27. The fourth-order valence-corrected chi connectivity index (χ4v) is 4.27. The van der Waals surface area contributed by atoms with E-state index < -0.39 is 0 Å². The van der Waals surface area contributed by atoms with Crippen molar-refractivity contribution in [3.63, 3.8) is 0 Å². The molecule has 0 saturated heterocycles. The molecule has 1 aliphatic heterocycles. The standard InChI is InChI=1S/C30H35N3O5/c1-20-17-31-21(2)19-37-27-14-13-23(16-26(27)30(35)33(3)18-28(20)36-4)32-29(34)22-9-8-12-25(15-22)38-24-10-6-5-7-11-24/h5-16,20-21,28,31H,17-19H2,1-4H3,(H,32,34)/t20-,21+,28+/m1/s1. The Bertz CT molecular complexity index is 1250. The molecule has 1 heterocycles. The predicted octanol–water partition coefficient (Wildman–Crippen LogP) is 4.82. The molecule has 38 heavy (non-hydrogen) atoms. The van der Waals surface area contributed by atoms with Crippen LogP contribution in [0.4, 0.5) is 5.69 Å². The van der Waals surface area contributed by atoms with Crippen molar-refractivity contribution >= 4 is 17.5 Å². The average Bonchev–Trinajstić information content (AvgIpc) is 2.93. The third-order valence-corrected chi connectivity index (χ3v) is 6.56. The van der Waals surface area contributed by atoms with Crippen molar-refractivity contribution < 1.29 is 23.8 Å². The Labute approximate surface area is 223 Å². The van der Waals surface area contributed by atoms with Crippen LogP contribution in [0.2, 0.25) is 0 Å². The van der Waals surface area contributed by atoms with Gasteiger partial charge in [0, 0.05) is 44.5 Å². The highest BCUT2D eigenvalue weighted by Gasteiger charge is 2.25. The number of para-hydroxylation sites is 1. The molecule has 0 bridgehead atoms. The number of likely N-dealkylation sites (N-methyl/N-ethyl adjacent to an activating group) is 1. The maximum atomic E-state index is 13.5. The Morgan fingerprint density at radius 1 is 1.03 bits per heavy atom. The number of nitrogens with one attached hydrogen (secondary N) is 2. The summed E-state index contributed by atoms with van der Waals surface area (Å²) in [5.41, 5.74) is 1.30. The van der Waals surface area contributed by atoms with Crippen LogP contribution < -0.4 is 20.1 Å². The minimum Gasteiger partial charge on any atom is -0.491 e. The number of amides is 2. The molecule has 0 spiro atoms. The summed E-state index contributed by atoms with van der Waals surface area (Å²) in [6.07, 6.45) is -0.124. The Morgan fingerprint density at radius 2 is 1.79 bits per heavy atom. The second-order valence-corrected chi connectivity index (χ2v) is 9.67. The molecule has 3 aromatic carbocycles. The first kappa shape index (κ1) is 27.2. The zero-order chi connectivity index (χ0) is 27.1. The smallest absolute Gasteiger partial charge is 0.257 e. The number of ether oxygens (including phenoxy) is 3. The molecule has 0 fully saturated rings. The maximum Gasteiger partial charge on any atom is 0.257 e. The topological polar surface area (TPSA) is 89.1 Å². The summed E-state index contributed by atoms with van der Waals surface area (Å²) >= 11 is 0. The molecule has 0 aliphatic carbocycles. The number of carbonyl (C=O) groups is 2. The number of methoxy groups -OCH3 is 1. The highest BCUT2D eigenvalue weighted by molar-refractivity contribution is 6.05.